The maximum Gasteiger partial charge on any atom is 0.340 e. The first kappa shape index (κ1) is 24.7. The van der Waals surface area contributed by atoms with Gasteiger partial charge in [-0.2, -0.15) is 0 Å². The zero-order valence-electron chi connectivity index (χ0n) is 19.8. The van der Waals surface area contributed by atoms with Crippen molar-refractivity contribution in [2.45, 2.75) is 45.6 Å². The molecule has 0 amide bonds. The van der Waals surface area contributed by atoms with Crippen molar-refractivity contribution in [3.8, 4) is 11.5 Å². The van der Waals surface area contributed by atoms with E-state index in [4.69, 9.17) is 36.3 Å². The van der Waals surface area contributed by atoms with Crippen LogP contribution in [0.1, 0.15) is 50.2 Å². The summed E-state index contributed by atoms with van der Waals surface area (Å²) >= 11 is 6.26. The molecule has 2 N–H and O–H groups in total. The minimum atomic E-state index is -0.720. The molecule has 2 aromatic carbocycles. The lowest BCUT2D eigenvalue weighted by Crippen LogP contribution is -2.31. The smallest absolute Gasteiger partial charge is 0.340 e. The number of Topliss-reactive ketones (excluding diaryl/α,β-unsaturated/α-hetero) is 1. The Hall–Kier alpha value is -3.45. The molecule has 2 aromatic rings. The Morgan fingerprint density at radius 3 is 2.63 bits per heavy atom. The van der Waals surface area contributed by atoms with Crippen LogP contribution in [0.25, 0.3) is 0 Å². The van der Waals surface area contributed by atoms with Crippen molar-refractivity contribution in [3.63, 3.8) is 0 Å². The Morgan fingerprint density at radius 1 is 1.09 bits per heavy atom. The van der Waals surface area contributed by atoms with Crippen molar-refractivity contribution < 1.29 is 28.5 Å². The van der Waals surface area contributed by atoms with E-state index in [0.717, 1.165) is 5.56 Å². The Morgan fingerprint density at radius 2 is 1.89 bits per heavy atom. The second-order valence-corrected chi connectivity index (χ2v) is 8.57. The number of ether oxygens (including phenoxy) is 4. The summed E-state index contributed by atoms with van der Waals surface area (Å²) in [5.74, 6) is 0.0618. The minimum absolute atomic E-state index is 0.0427. The van der Waals surface area contributed by atoms with Crippen LogP contribution in [0.3, 0.4) is 0 Å². The fourth-order valence-corrected chi connectivity index (χ4v) is 4.55. The second-order valence-electron chi connectivity index (χ2n) is 8.17. The van der Waals surface area contributed by atoms with Crippen molar-refractivity contribution in [1.29, 1.82) is 0 Å². The van der Waals surface area contributed by atoms with E-state index in [-0.39, 0.29) is 30.5 Å². The number of ketones is 1. The van der Waals surface area contributed by atoms with E-state index in [1.54, 1.807) is 31.2 Å². The van der Waals surface area contributed by atoms with Gasteiger partial charge < -0.3 is 24.7 Å². The molecule has 0 fully saturated rings. The van der Waals surface area contributed by atoms with Gasteiger partial charge in [-0.05, 0) is 44.0 Å². The Bertz CT molecular complexity index is 1200. The van der Waals surface area contributed by atoms with Crippen LogP contribution >= 0.6 is 11.6 Å². The third-order valence-electron chi connectivity index (χ3n) is 5.92. The van der Waals surface area contributed by atoms with Gasteiger partial charge in [0.1, 0.15) is 17.9 Å². The van der Waals surface area contributed by atoms with Gasteiger partial charge in [0.05, 0.1) is 19.1 Å². The molecule has 2 aliphatic rings. The lowest BCUT2D eigenvalue weighted by Gasteiger charge is -2.32. The molecule has 0 radical (unpaired) electrons. The molecule has 0 spiro atoms. The van der Waals surface area contributed by atoms with E-state index in [1.165, 1.54) is 0 Å². The molecule has 0 unspecified atom stereocenters. The average Bonchev–Trinajstić information content (AvgIpc) is 2.83. The third-order valence-corrected chi connectivity index (χ3v) is 6.29. The lowest BCUT2D eigenvalue weighted by atomic mass is 9.77. The molecule has 7 nitrogen and oxygen atoms in total. The van der Waals surface area contributed by atoms with Crippen LogP contribution in [0.5, 0.6) is 11.5 Å². The summed E-state index contributed by atoms with van der Waals surface area (Å²) in [6.45, 7) is 4.40. The van der Waals surface area contributed by atoms with Gasteiger partial charge in [0.25, 0.3) is 0 Å². The number of rotatable bonds is 8. The van der Waals surface area contributed by atoms with Crippen LogP contribution in [0, 0.1) is 0 Å². The van der Waals surface area contributed by atoms with E-state index in [0.29, 0.717) is 59.3 Å². The summed E-state index contributed by atoms with van der Waals surface area (Å²) in [6.07, 6.45) is 1.63. The SMILES string of the molecule is CCOC(=O)C1=C(N)OC2=C(C(=O)CCC2)[C@@H]1c1ccc(OCc2ccccc2Cl)c(OCC)c1. The van der Waals surface area contributed by atoms with Crippen LogP contribution in [-0.2, 0) is 25.7 Å². The molecule has 0 saturated carbocycles. The number of hydrogen-bond acceptors (Lipinski definition) is 7. The number of allylic oxidation sites excluding steroid dienone is 2. The standard InChI is InChI=1S/C27H28ClNO6/c1-3-32-22-14-16(12-13-20(22)34-15-17-8-5-6-9-18(17)28)23-24-19(30)10-7-11-21(24)35-26(29)25(23)27(31)33-4-2/h5-6,8-9,12-14,23H,3-4,7,10-11,15,29H2,1-2H3/t23-/m0/s1. The number of carbonyl (C=O) groups is 2. The summed E-state index contributed by atoms with van der Waals surface area (Å²) in [4.78, 5) is 25.9. The van der Waals surface area contributed by atoms with Crippen molar-refractivity contribution in [2.75, 3.05) is 13.2 Å². The minimum Gasteiger partial charge on any atom is -0.490 e. The normalized spacial score (nSPS) is 17.6. The molecule has 1 aliphatic carbocycles. The molecule has 1 atom stereocenters. The number of nitrogens with two attached hydrogens (primary N) is 1. The molecule has 35 heavy (non-hydrogen) atoms. The molecule has 0 aromatic heterocycles. The monoisotopic (exact) mass is 497 g/mol. The number of carbonyl (C=O) groups excluding carboxylic acids is 2. The fraction of sp³-hybridized carbons (Fsp3) is 0.333. The second kappa shape index (κ2) is 10.9. The number of esters is 1. The highest BCUT2D eigenvalue weighted by atomic mass is 35.5. The Balaban J connectivity index is 1.74. The van der Waals surface area contributed by atoms with Gasteiger partial charge in [0.15, 0.2) is 17.3 Å². The van der Waals surface area contributed by atoms with Gasteiger partial charge in [0, 0.05) is 29.0 Å². The third kappa shape index (κ3) is 5.15. The van der Waals surface area contributed by atoms with Crippen LogP contribution < -0.4 is 15.2 Å². The number of halogens is 1. The van der Waals surface area contributed by atoms with Crippen LogP contribution in [0.15, 0.2) is 65.3 Å². The zero-order valence-corrected chi connectivity index (χ0v) is 20.5. The molecule has 0 bridgehead atoms. The van der Waals surface area contributed by atoms with Crippen molar-refractivity contribution in [2.24, 2.45) is 5.73 Å². The summed E-state index contributed by atoms with van der Waals surface area (Å²) in [5, 5.41) is 0.610. The first-order valence-electron chi connectivity index (χ1n) is 11.7. The molecule has 8 heteroatoms. The maximum absolute atomic E-state index is 13.0. The number of benzene rings is 2. The highest BCUT2D eigenvalue weighted by molar-refractivity contribution is 6.31. The van der Waals surface area contributed by atoms with Gasteiger partial charge in [-0.15, -0.1) is 0 Å². The van der Waals surface area contributed by atoms with Gasteiger partial charge in [-0.25, -0.2) is 4.79 Å². The fourth-order valence-electron chi connectivity index (χ4n) is 4.36. The summed E-state index contributed by atoms with van der Waals surface area (Å²) in [6, 6.07) is 12.8. The van der Waals surface area contributed by atoms with E-state index in [1.807, 2.05) is 25.1 Å². The van der Waals surface area contributed by atoms with Crippen LogP contribution in [-0.4, -0.2) is 25.0 Å². The van der Waals surface area contributed by atoms with Crippen molar-refractivity contribution in [1.82, 2.24) is 0 Å². The van der Waals surface area contributed by atoms with Gasteiger partial charge in [0.2, 0.25) is 5.88 Å². The molecule has 1 heterocycles. The van der Waals surface area contributed by atoms with Crippen molar-refractivity contribution in [3.05, 3.63) is 81.4 Å². The van der Waals surface area contributed by atoms with Crippen molar-refractivity contribution >= 4 is 23.4 Å². The van der Waals surface area contributed by atoms with Crippen LogP contribution in [0.4, 0.5) is 0 Å². The molecule has 4 rings (SSSR count). The summed E-state index contributed by atoms with van der Waals surface area (Å²) < 4.78 is 22.9. The first-order chi connectivity index (χ1) is 16.9. The Kier molecular flexibility index (Phi) is 7.66. The number of hydrogen-bond donors (Lipinski definition) is 1. The molecule has 184 valence electrons. The maximum atomic E-state index is 13.0. The van der Waals surface area contributed by atoms with E-state index < -0.39 is 11.9 Å². The predicted octanol–water partition coefficient (Wildman–Crippen LogP) is 5.17. The Labute approximate surface area is 209 Å². The largest absolute Gasteiger partial charge is 0.490 e. The lowest BCUT2D eigenvalue weighted by molar-refractivity contribution is -0.139. The van der Waals surface area contributed by atoms with E-state index in [9.17, 15) is 9.59 Å². The van der Waals surface area contributed by atoms with Gasteiger partial charge in [-0.1, -0.05) is 35.9 Å². The van der Waals surface area contributed by atoms with E-state index in [2.05, 4.69) is 0 Å². The topological polar surface area (TPSA) is 97.1 Å². The molecular weight excluding hydrogens is 470 g/mol. The first-order valence-corrected chi connectivity index (χ1v) is 12.1. The summed E-state index contributed by atoms with van der Waals surface area (Å²) in [5.41, 5.74) is 8.25. The highest BCUT2D eigenvalue weighted by Gasteiger charge is 2.41. The summed E-state index contributed by atoms with van der Waals surface area (Å²) in [7, 11) is 0. The quantitative estimate of drug-likeness (QED) is 0.502. The molecular formula is C27H28ClNO6. The molecule has 1 aliphatic heterocycles. The predicted molar refractivity (Wildman–Crippen MR) is 131 cm³/mol. The van der Waals surface area contributed by atoms with Crippen LogP contribution in [0.2, 0.25) is 5.02 Å². The van der Waals surface area contributed by atoms with Gasteiger partial charge >= 0.3 is 5.97 Å². The van der Waals surface area contributed by atoms with E-state index >= 15 is 0 Å². The molecule has 0 saturated heterocycles. The average molecular weight is 498 g/mol. The van der Waals surface area contributed by atoms with Gasteiger partial charge in [-0.3, -0.25) is 4.79 Å². The highest BCUT2D eigenvalue weighted by Crippen LogP contribution is 2.45. The zero-order chi connectivity index (χ0) is 24.9.